The van der Waals surface area contributed by atoms with Crippen LogP contribution in [0.25, 0.3) is 10.2 Å². The van der Waals surface area contributed by atoms with Crippen molar-refractivity contribution in [1.29, 1.82) is 0 Å². The van der Waals surface area contributed by atoms with Crippen molar-refractivity contribution in [3.05, 3.63) is 82.9 Å². The van der Waals surface area contributed by atoms with E-state index >= 15 is 0 Å². The van der Waals surface area contributed by atoms with Gasteiger partial charge < -0.3 is 9.47 Å². The fourth-order valence-electron chi connectivity index (χ4n) is 3.14. The molecule has 0 N–H and O–H groups in total. The molecule has 1 aromatic heterocycles. The number of para-hydroxylation sites is 1. The van der Waals surface area contributed by atoms with Gasteiger partial charge in [-0.2, -0.15) is 0 Å². The summed E-state index contributed by atoms with van der Waals surface area (Å²) >= 11 is 7.75. The number of nitrogens with zero attached hydrogens (tertiary/aromatic N) is 2. The predicted molar refractivity (Wildman–Crippen MR) is 121 cm³/mol. The van der Waals surface area contributed by atoms with Crippen LogP contribution in [0.5, 0.6) is 11.5 Å². The van der Waals surface area contributed by atoms with Crippen molar-refractivity contribution in [3.8, 4) is 11.5 Å². The molecule has 0 unspecified atom stereocenters. The number of halogens is 1. The standard InChI is InChI=1S/C23H19ClN2O3S/c1-28-18-12-11-16(13-19(18)29-2)22(27)26(14-15-7-4-3-5-8-15)23-25-21-17(24)9-6-10-20(21)30-23/h3-13H,14H2,1-2H3. The molecule has 0 spiro atoms. The van der Waals surface area contributed by atoms with E-state index in [1.807, 2.05) is 42.5 Å². The number of amides is 1. The minimum absolute atomic E-state index is 0.185. The van der Waals surface area contributed by atoms with Crippen LogP contribution in [0, 0.1) is 0 Å². The molecule has 0 aliphatic heterocycles. The van der Waals surface area contributed by atoms with Crippen molar-refractivity contribution in [1.82, 2.24) is 4.98 Å². The number of thiazole rings is 1. The lowest BCUT2D eigenvalue weighted by atomic mass is 10.1. The van der Waals surface area contributed by atoms with Gasteiger partial charge in [-0.15, -0.1) is 0 Å². The van der Waals surface area contributed by atoms with E-state index in [1.165, 1.54) is 11.3 Å². The maximum absolute atomic E-state index is 13.5. The number of benzene rings is 3. The average Bonchev–Trinajstić information content (AvgIpc) is 3.22. The minimum atomic E-state index is -0.185. The molecule has 0 saturated carbocycles. The highest BCUT2D eigenvalue weighted by Crippen LogP contribution is 2.35. The summed E-state index contributed by atoms with van der Waals surface area (Å²) < 4.78 is 11.6. The van der Waals surface area contributed by atoms with Crippen molar-refractivity contribution >= 4 is 44.2 Å². The Labute approximate surface area is 183 Å². The third-order valence-electron chi connectivity index (χ3n) is 4.65. The molecule has 30 heavy (non-hydrogen) atoms. The molecule has 3 aromatic carbocycles. The van der Waals surface area contributed by atoms with E-state index in [2.05, 4.69) is 4.98 Å². The fraction of sp³-hybridized carbons (Fsp3) is 0.130. The van der Waals surface area contributed by atoms with Gasteiger partial charge in [0.25, 0.3) is 5.91 Å². The van der Waals surface area contributed by atoms with Crippen LogP contribution in [0.15, 0.2) is 66.7 Å². The Bertz CT molecular complexity index is 1190. The highest BCUT2D eigenvalue weighted by atomic mass is 35.5. The van der Waals surface area contributed by atoms with Crippen LogP contribution in [0.2, 0.25) is 5.02 Å². The Balaban J connectivity index is 1.78. The summed E-state index contributed by atoms with van der Waals surface area (Å²) in [7, 11) is 3.11. The lowest BCUT2D eigenvalue weighted by Crippen LogP contribution is -2.30. The number of hydrogen-bond acceptors (Lipinski definition) is 5. The van der Waals surface area contributed by atoms with Gasteiger partial charge in [-0.3, -0.25) is 9.69 Å². The number of ether oxygens (including phenoxy) is 2. The van der Waals surface area contributed by atoms with Crippen molar-refractivity contribution < 1.29 is 14.3 Å². The third-order valence-corrected chi connectivity index (χ3v) is 6.00. The normalized spacial score (nSPS) is 10.8. The van der Waals surface area contributed by atoms with Gasteiger partial charge in [0.1, 0.15) is 5.52 Å². The Hall–Kier alpha value is -3.09. The first-order chi connectivity index (χ1) is 14.6. The number of methoxy groups -OCH3 is 2. The van der Waals surface area contributed by atoms with E-state index in [1.54, 1.807) is 43.4 Å². The number of rotatable bonds is 6. The van der Waals surface area contributed by atoms with Gasteiger partial charge in [0, 0.05) is 5.56 Å². The summed E-state index contributed by atoms with van der Waals surface area (Å²) in [6.45, 7) is 0.380. The van der Waals surface area contributed by atoms with Crippen molar-refractivity contribution in [2.45, 2.75) is 6.54 Å². The molecule has 1 heterocycles. The van der Waals surface area contributed by atoms with Gasteiger partial charge in [-0.1, -0.05) is 59.3 Å². The molecule has 4 rings (SSSR count). The van der Waals surface area contributed by atoms with Gasteiger partial charge in [0.2, 0.25) is 0 Å². The fourth-order valence-corrected chi connectivity index (χ4v) is 4.40. The zero-order valence-electron chi connectivity index (χ0n) is 16.5. The Morgan fingerprint density at radius 3 is 2.47 bits per heavy atom. The van der Waals surface area contributed by atoms with Gasteiger partial charge in [0.05, 0.1) is 30.5 Å². The first-order valence-electron chi connectivity index (χ1n) is 9.23. The van der Waals surface area contributed by atoms with Crippen LogP contribution in [0.3, 0.4) is 0 Å². The van der Waals surface area contributed by atoms with Gasteiger partial charge in [-0.05, 0) is 35.9 Å². The second kappa shape index (κ2) is 8.73. The van der Waals surface area contributed by atoms with Crippen LogP contribution >= 0.6 is 22.9 Å². The summed E-state index contributed by atoms with van der Waals surface area (Å²) in [6.07, 6.45) is 0. The molecule has 0 fully saturated rings. The molecule has 152 valence electrons. The molecule has 5 nitrogen and oxygen atoms in total. The topological polar surface area (TPSA) is 51.7 Å². The summed E-state index contributed by atoms with van der Waals surface area (Å²) in [5.41, 5.74) is 2.17. The molecule has 0 atom stereocenters. The zero-order valence-corrected chi connectivity index (χ0v) is 18.0. The van der Waals surface area contributed by atoms with Crippen LogP contribution in [-0.4, -0.2) is 25.1 Å². The number of fused-ring (bicyclic) bond motifs is 1. The van der Waals surface area contributed by atoms with E-state index in [0.29, 0.717) is 39.3 Å². The predicted octanol–water partition coefficient (Wildman–Crippen LogP) is 5.81. The molecular weight excluding hydrogens is 420 g/mol. The van der Waals surface area contributed by atoms with Crippen molar-refractivity contribution in [2.75, 3.05) is 19.1 Å². The molecule has 4 aromatic rings. The molecule has 7 heteroatoms. The van der Waals surface area contributed by atoms with Gasteiger partial charge >= 0.3 is 0 Å². The first-order valence-corrected chi connectivity index (χ1v) is 10.4. The van der Waals surface area contributed by atoms with E-state index in [0.717, 1.165) is 10.3 Å². The number of anilines is 1. The summed E-state index contributed by atoms with van der Waals surface area (Å²) in [5.74, 6) is 0.876. The van der Waals surface area contributed by atoms with Crippen LogP contribution in [0.1, 0.15) is 15.9 Å². The molecular formula is C23H19ClN2O3S. The molecule has 0 aliphatic rings. The van der Waals surface area contributed by atoms with Crippen LogP contribution in [0.4, 0.5) is 5.13 Å². The summed E-state index contributed by atoms with van der Waals surface area (Å²) in [4.78, 5) is 19.9. The molecule has 1 amide bonds. The molecule has 0 bridgehead atoms. The summed E-state index contributed by atoms with van der Waals surface area (Å²) in [5, 5.41) is 1.15. The Morgan fingerprint density at radius 1 is 1.00 bits per heavy atom. The van der Waals surface area contributed by atoms with E-state index < -0.39 is 0 Å². The lowest BCUT2D eigenvalue weighted by molar-refractivity contribution is 0.0984. The van der Waals surface area contributed by atoms with E-state index in [4.69, 9.17) is 21.1 Å². The van der Waals surface area contributed by atoms with E-state index in [9.17, 15) is 4.79 Å². The molecule has 0 radical (unpaired) electrons. The second-order valence-electron chi connectivity index (χ2n) is 6.53. The first kappa shape index (κ1) is 20.2. The Kier molecular flexibility index (Phi) is 5.88. The number of carbonyl (C=O) groups is 1. The third kappa shape index (κ3) is 3.97. The average molecular weight is 439 g/mol. The molecule has 0 aliphatic carbocycles. The highest BCUT2D eigenvalue weighted by molar-refractivity contribution is 7.22. The second-order valence-corrected chi connectivity index (χ2v) is 7.95. The van der Waals surface area contributed by atoms with Crippen LogP contribution in [-0.2, 0) is 6.54 Å². The SMILES string of the molecule is COc1ccc(C(=O)N(Cc2ccccc2)c2nc3c(Cl)cccc3s2)cc1OC. The van der Waals surface area contributed by atoms with Gasteiger partial charge in [-0.25, -0.2) is 4.98 Å². The minimum Gasteiger partial charge on any atom is -0.493 e. The van der Waals surface area contributed by atoms with Crippen LogP contribution < -0.4 is 14.4 Å². The highest BCUT2D eigenvalue weighted by Gasteiger charge is 2.23. The number of carbonyl (C=O) groups excluding carboxylic acids is 1. The summed E-state index contributed by atoms with van der Waals surface area (Å²) in [6, 6.07) is 20.6. The smallest absolute Gasteiger partial charge is 0.260 e. The maximum Gasteiger partial charge on any atom is 0.260 e. The molecule has 0 saturated heterocycles. The van der Waals surface area contributed by atoms with E-state index in [-0.39, 0.29) is 5.91 Å². The van der Waals surface area contributed by atoms with Gasteiger partial charge in [0.15, 0.2) is 16.6 Å². The maximum atomic E-state index is 13.5. The van der Waals surface area contributed by atoms with Crippen molar-refractivity contribution in [3.63, 3.8) is 0 Å². The zero-order chi connectivity index (χ0) is 21.1. The lowest BCUT2D eigenvalue weighted by Gasteiger charge is -2.21. The number of hydrogen-bond donors (Lipinski definition) is 0. The monoisotopic (exact) mass is 438 g/mol. The quantitative estimate of drug-likeness (QED) is 0.381. The Morgan fingerprint density at radius 2 is 1.77 bits per heavy atom. The largest absolute Gasteiger partial charge is 0.493 e. The van der Waals surface area contributed by atoms with Crippen molar-refractivity contribution in [2.24, 2.45) is 0 Å². The number of aromatic nitrogens is 1.